The number of aromatic nitrogens is 1. The molecule has 2 nitrogen and oxygen atoms in total. The average molecular weight is 536 g/mol. The number of anilines is 2. The zero-order chi connectivity index (χ0) is 28.0. The monoisotopic (exact) mass is 536 g/mol. The highest BCUT2D eigenvalue weighted by atomic mass is 15.0. The summed E-state index contributed by atoms with van der Waals surface area (Å²) in [6.45, 7) is 4.78. The van der Waals surface area contributed by atoms with Crippen molar-refractivity contribution >= 4 is 51.4 Å². The molecule has 0 atom stereocenters. The molecule has 3 heterocycles. The Hall–Kier alpha value is -5.02. The molecule has 0 bridgehead atoms. The van der Waals surface area contributed by atoms with Gasteiger partial charge in [-0.25, -0.2) is 0 Å². The quantitative estimate of drug-likeness (QED) is 0.224. The van der Waals surface area contributed by atoms with Gasteiger partial charge in [-0.3, -0.25) is 0 Å². The summed E-state index contributed by atoms with van der Waals surface area (Å²) in [7, 11) is 0.908. The normalized spacial score (nSPS) is 13.9. The van der Waals surface area contributed by atoms with E-state index in [1.54, 1.807) is 0 Å². The summed E-state index contributed by atoms with van der Waals surface area (Å²) in [5.74, 6) is 0. The van der Waals surface area contributed by atoms with Crippen molar-refractivity contribution in [2.75, 3.05) is 5.32 Å². The third kappa shape index (κ3) is 3.11. The molecule has 0 aliphatic carbocycles. The van der Waals surface area contributed by atoms with Crippen LogP contribution >= 0.6 is 0 Å². The molecule has 7 aromatic rings. The number of hydrogen-bond acceptors (Lipinski definition) is 1. The lowest BCUT2D eigenvalue weighted by Crippen LogP contribution is -2.41. The van der Waals surface area contributed by atoms with E-state index in [1.165, 1.54) is 71.8 Å². The molecule has 0 saturated carbocycles. The van der Waals surface area contributed by atoms with Gasteiger partial charge in [-0.1, -0.05) is 122 Å². The highest BCUT2D eigenvalue weighted by Crippen LogP contribution is 2.50. The van der Waals surface area contributed by atoms with Crippen LogP contribution in [0.4, 0.5) is 11.4 Å². The van der Waals surface area contributed by atoms with Crippen molar-refractivity contribution < 1.29 is 0 Å². The highest BCUT2D eigenvalue weighted by Gasteiger charge is 2.39. The van der Waals surface area contributed by atoms with Crippen LogP contribution in [0.25, 0.3) is 49.7 Å². The molecule has 1 aromatic heterocycles. The van der Waals surface area contributed by atoms with Crippen LogP contribution in [0.2, 0.25) is 0 Å². The van der Waals surface area contributed by atoms with Gasteiger partial charge >= 0.3 is 0 Å². The Labute approximate surface area is 246 Å². The Balaban J connectivity index is 1.46. The summed E-state index contributed by atoms with van der Waals surface area (Å²) in [5.41, 5.74) is 16.9. The minimum Gasteiger partial charge on any atom is -0.355 e. The predicted molar refractivity (Wildman–Crippen MR) is 180 cm³/mol. The van der Waals surface area contributed by atoms with Gasteiger partial charge in [0, 0.05) is 44.3 Å². The maximum atomic E-state index is 3.73. The summed E-state index contributed by atoms with van der Waals surface area (Å²) < 4.78 is 2.62. The van der Waals surface area contributed by atoms with Gasteiger partial charge in [0.15, 0.2) is 7.28 Å². The number of benzene rings is 6. The van der Waals surface area contributed by atoms with Crippen LogP contribution in [0.5, 0.6) is 0 Å². The maximum absolute atomic E-state index is 3.73. The third-order valence-corrected chi connectivity index (χ3v) is 9.57. The topological polar surface area (TPSA) is 17.0 Å². The summed E-state index contributed by atoms with van der Waals surface area (Å²) in [4.78, 5) is 0. The molecular formula is C39H29BN2. The summed E-state index contributed by atoms with van der Waals surface area (Å²) in [5, 5.41) is 6.44. The second kappa shape index (κ2) is 8.50. The standard InChI is InChI=1S/C39H29BN2/c1-39(2)30-19-11-18-27-34-28(24-13-5-3-6-14-24)23-29(26-17-9-10-22-33(26)41-25-15-7-4-8-16-25)35-38(34)42(36(27)30)37-31(39)20-12-21-32(37)40-35/h3-23,40-41H,1-2H3. The Morgan fingerprint density at radius 3 is 2.17 bits per heavy atom. The van der Waals surface area contributed by atoms with Crippen LogP contribution in [0.15, 0.2) is 127 Å². The van der Waals surface area contributed by atoms with Crippen LogP contribution in [-0.2, 0) is 5.41 Å². The van der Waals surface area contributed by atoms with E-state index in [1.807, 2.05) is 0 Å². The lowest BCUT2D eigenvalue weighted by Gasteiger charge is -2.37. The molecule has 0 amide bonds. The van der Waals surface area contributed by atoms with E-state index in [-0.39, 0.29) is 5.41 Å². The van der Waals surface area contributed by atoms with E-state index in [0.29, 0.717) is 0 Å². The van der Waals surface area contributed by atoms with Crippen LogP contribution in [0, 0.1) is 0 Å². The minimum absolute atomic E-state index is 0.0747. The first-order valence-corrected chi connectivity index (χ1v) is 14.8. The van der Waals surface area contributed by atoms with Gasteiger partial charge in [0.2, 0.25) is 0 Å². The van der Waals surface area contributed by atoms with Gasteiger partial charge < -0.3 is 9.88 Å². The fourth-order valence-corrected chi connectivity index (χ4v) is 7.66. The molecule has 2 aliphatic rings. The number of nitrogens with one attached hydrogen (secondary N) is 1. The zero-order valence-electron chi connectivity index (χ0n) is 23.8. The van der Waals surface area contributed by atoms with Crippen LogP contribution in [0.3, 0.4) is 0 Å². The zero-order valence-corrected chi connectivity index (χ0v) is 23.8. The fourth-order valence-electron chi connectivity index (χ4n) is 7.66. The molecular weight excluding hydrogens is 507 g/mol. The smallest absolute Gasteiger partial charge is 0.198 e. The number of fused-ring (bicyclic) bond motifs is 1. The van der Waals surface area contributed by atoms with Crippen molar-refractivity contribution in [1.82, 2.24) is 4.57 Å². The molecule has 0 saturated heterocycles. The molecule has 0 spiro atoms. The first-order valence-electron chi connectivity index (χ1n) is 14.8. The molecule has 198 valence electrons. The fraction of sp³-hybridized carbons (Fsp3) is 0.0769. The summed E-state index contributed by atoms with van der Waals surface area (Å²) >= 11 is 0. The molecule has 3 heteroatoms. The van der Waals surface area contributed by atoms with E-state index < -0.39 is 0 Å². The lowest BCUT2D eigenvalue weighted by molar-refractivity contribution is 0.631. The highest BCUT2D eigenvalue weighted by molar-refractivity contribution is 6.73. The molecule has 2 aliphatic heterocycles. The van der Waals surface area contributed by atoms with Crippen LogP contribution in [-0.4, -0.2) is 11.8 Å². The average Bonchev–Trinajstić information content (AvgIpc) is 3.38. The minimum atomic E-state index is -0.0747. The van der Waals surface area contributed by atoms with Crippen molar-refractivity contribution in [3.05, 3.63) is 139 Å². The van der Waals surface area contributed by atoms with E-state index in [2.05, 4.69) is 151 Å². The largest absolute Gasteiger partial charge is 0.355 e. The number of para-hydroxylation sites is 4. The van der Waals surface area contributed by atoms with Gasteiger partial charge in [0.25, 0.3) is 0 Å². The number of hydrogen-bond donors (Lipinski definition) is 1. The van der Waals surface area contributed by atoms with E-state index in [0.717, 1.165) is 18.7 Å². The third-order valence-electron chi connectivity index (χ3n) is 9.57. The second-order valence-electron chi connectivity index (χ2n) is 12.2. The Kier molecular flexibility index (Phi) is 4.79. The number of nitrogens with zero attached hydrogens (tertiary/aromatic N) is 1. The van der Waals surface area contributed by atoms with Crippen LogP contribution < -0.4 is 16.2 Å². The maximum Gasteiger partial charge on any atom is 0.198 e. The lowest BCUT2D eigenvalue weighted by atomic mass is 9.57. The Morgan fingerprint density at radius 2 is 1.33 bits per heavy atom. The van der Waals surface area contributed by atoms with E-state index in [4.69, 9.17) is 0 Å². The summed E-state index contributed by atoms with van der Waals surface area (Å²) in [6, 6.07) is 46.6. The van der Waals surface area contributed by atoms with Crippen LogP contribution in [0.1, 0.15) is 25.0 Å². The van der Waals surface area contributed by atoms with Crippen molar-refractivity contribution in [2.45, 2.75) is 19.3 Å². The second-order valence-corrected chi connectivity index (χ2v) is 12.2. The van der Waals surface area contributed by atoms with Crippen molar-refractivity contribution in [2.24, 2.45) is 0 Å². The predicted octanol–water partition coefficient (Wildman–Crippen LogP) is 8.20. The van der Waals surface area contributed by atoms with E-state index >= 15 is 0 Å². The molecule has 0 unspecified atom stereocenters. The molecule has 6 aromatic carbocycles. The van der Waals surface area contributed by atoms with Crippen molar-refractivity contribution in [1.29, 1.82) is 0 Å². The van der Waals surface area contributed by atoms with Gasteiger partial charge in [0.1, 0.15) is 0 Å². The van der Waals surface area contributed by atoms with Gasteiger partial charge in [-0.05, 0) is 57.5 Å². The van der Waals surface area contributed by atoms with Gasteiger partial charge in [-0.15, -0.1) is 0 Å². The van der Waals surface area contributed by atoms with Crippen molar-refractivity contribution in [3.8, 4) is 27.9 Å². The van der Waals surface area contributed by atoms with Gasteiger partial charge in [0.05, 0.1) is 5.52 Å². The Bertz CT molecular complexity index is 2210. The van der Waals surface area contributed by atoms with E-state index in [9.17, 15) is 0 Å². The molecule has 42 heavy (non-hydrogen) atoms. The summed E-state index contributed by atoms with van der Waals surface area (Å²) in [6.07, 6.45) is 0. The molecule has 1 N–H and O–H groups in total. The number of rotatable bonds is 4. The molecule has 0 radical (unpaired) electrons. The molecule has 9 rings (SSSR count). The first kappa shape index (κ1) is 23.7. The Morgan fingerprint density at radius 1 is 0.619 bits per heavy atom. The SMILES string of the molecule is CC1(C)c2cccc3c2-n2c4c1cccc4c1c(-c4ccccc4)cc(-c4ccccc4Nc4ccccc4)c(c12)B3. The first-order chi connectivity index (χ1) is 20.6. The van der Waals surface area contributed by atoms with Gasteiger partial charge in [-0.2, -0.15) is 0 Å². The van der Waals surface area contributed by atoms with Crippen molar-refractivity contribution in [3.63, 3.8) is 0 Å². The molecule has 0 fully saturated rings.